The summed E-state index contributed by atoms with van der Waals surface area (Å²) in [5.74, 6) is 1.73. The number of hydrogen-bond acceptors (Lipinski definition) is 6. The van der Waals surface area contributed by atoms with Crippen LogP contribution in [-0.2, 0) is 26.4 Å². The summed E-state index contributed by atoms with van der Waals surface area (Å²) in [4.78, 5) is 17.7. The van der Waals surface area contributed by atoms with Gasteiger partial charge in [0, 0.05) is 38.7 Å². The molecule has 0 amide bonds. The maximum atomic E-state index is 13.1. The van der Waals surface area contributed by atoms with Crippen LogP contribution >= 0.6 is 0 Å². The van der Waals surface area contributed by atoms with Gasteiger partial charge >= 0.3 is 0 Å². The van der Waals surface area contributed by atoms with Crippen molar-refractivity contribution in [1.29, 1.82) is 5.26 Å². The number of rotatable bonds is 4. The molecule has 2 aliphatic rings. The van der Waals surface area contributed by atoms with E-state index in [-0.39, 0.29) is 12.2 Å². The van der Waals surface area contributed by atoms with Crippen LogP contribution in [0.2, 0.25) is 0 Å². The minimum absolute atomic E-state index is 0.0901. The molecule has 31 heavy (non-hydrogen) atoms. The third kappa shape index (κ3) is 3.45. The predicted molar refractivity (Wildman–Crippen MR) is 114 cm³/mol. The maximum Gasteiger partial charge on any atom is 0.202 e. The van der Waals surface area contributed by atoms with Crippen LogP contribution in [0.5, 0.6) is 11.5 Å². The van der Waals surface area contributed by atoms with Gasteiger partial charge in [0.25, 0.3) is 0 Å². The molecule has 156 valence electrons. The van der Waals surface area contributed by atoms with Crippen LogP contribution in [0.15, 0.2) is 36.4 Å². The summed E-state index contributed by atoms with van der Waals surface area (Å²) in [6.07, 6.45) is 0.980. The van der Waals surface area contributed by atoms with Crippen molar-refractivity contribution in [3.05, 3.63) is 64.7 Å². The predicted octanol–water partition coefficient (Wildman–Crippen LogP) is 2.80. The highest BCUT2D eigenvalue weighted by Crippen LogP contribution is 2.36. The van der Waals surface area contributed by atoms with Crippen LogP contribution in [0, 0.1) is 11.3 Å². The Balaban J connectivity index is 1.48. The molecule has 3 aromatic rings. The van der Waals surface area contributed by atoms with E-state index in [1.165, 1.54) is 0 Å². The zero-order valence-electron chi connectivity index (χ0n) is 17.3. The number of nitriles is 1. The number of carbonyl (C=O) groups is 1. The molecule has 1 aromatic heterocycles. The van der Waals surface area contributed by atoms with Gasteiger partial charge in [0.2, 0.25) is 5.78 Å². The topological polar surface area (TPSA) is 89.2 Å². The molecule has 1 N–H and O–H groups in total. The van der Waals surface area contributed by atoms with E-state index in [4.69, 9.17) is 9.47 Å². The first-order chi connectivity index (χ1) is 15.2. The summed E-state index contributed by atoms with van der Waals surface area (Å²) in [6, 6.07) is 13.6. The van der Waals surface area contributed by atoms with Crippen LogP contribution < -0.4 is 14.8 Å². The highest BCUT2D eigenvalue weighted by atomic mass is 16.6. The van der Waals surface area contributed by atoms with Crippen LogP contribution in [0.25, 0.3) is 11.1 Å². The summed E-state index contributed by atoms with van der Waals surface area (Å²) >= 11 is 0. The molecule has 0 unspecified atom stereocenters. The molecule has 7 nitrogen and oxygen atoms in total. The van der Waals surface area contributed by atoms with Gasteiger partial charge in [-0.3, -0.25) is 4.79 Å². The van der Waals surface area contributed by atoms with Crippen molar-refractivity contribution in [2.24, 2.45) is 7.05 Å². The van der Waals surface area contributed by atoms with Gasteiger partial charge in [-0.15, -0.1) is 0 Å². The second-order valence-corrected chi connectivity index (χ2v) is 7.72. The number of nitrogens with one attached hydrogen (secondary N) is 1. The molecule has 0 fully saturated rings. The van der Waals surface area contributed by atoms with E-state index >= 15 is 0 Å². The number of Topliss-reactive ketones (excluding diaryl/α,β-unsaturated/α-hetero) is 1. The minimum Gasteiger partial charge on any atom is -0.486 e. The van der Waals surface area contributed by atoms with Gasteiger partial charge in [-0.05, 0) is 28.8 Å². The molecule has 3 heterocycles. The average Bonchev–Trinajstić information content (AvgIpc) is 3.15. The molecular formula is C24H22N4O3. The van der Waals surface area contributed by atoms with Crippen LogP contribution in [0.4, 0.5) is 0 Å². The Kier molecular flexibility index (Phi) is 4.92. The minimum atomic E-state index is -0.0901. The summed E-state index contributed by atoms with van der Waals surface area (Å²) in [6.45, 7) is 2.59. The lowest BCUT2D eigenvalue weighted by molar-refractivity contribution is 0.0979. The Hall–Kier alpha value is -3.63. The molecule has 5 rings (SSSR count). The maximum absolute atomic E-state index is 13.1. The monoisotopic (exact) mass is 414 g/mol. The van der Waals surface area contributed by atoms with Crippen molar-refractivity contribution in [2.45, 2.75) is 19.4 Å². The molecule has 2 aliphatic heterocycles. The highest BCUT2D eigenvalue weighted by molar-refractivity contribution is 5.95. The van der Waals surface area contributed by atoms with Gasteiger partial charge in [0.05, 0.1) is 11.3 Å². The van der Waals surface area contributed by atoms with E-state index in [9.17, 15) is 10.1 Å². The van der Waals surface area contributed by atoms with E-state index in [0.29, 0.717) is 48.2 Å². The standard InChI is InChI=1S/C24H22N4O3/c1-28-20-7-8-26-14-19(20)27-24(28)21(29)11-15-3-2-4-17(18(15)13-25)16-5-6-22-23(12-16)31-10-9-30-22/h2-6,12,26H,7-11,14H2,1H3. The fourth-order valence-corrected chi connectivity index (χ4v) is 4.29. The van der Waals surface area contributed by atoms with Crippen LogP contribution in [-0.4, -0.2) is 35.1 Å². The Morgan fingerprint density at radius 3 is 2.87 bits per heavy atom. The largest absolute Gasteiger partial charge is 0.486 e. The smallest absolute Gasteiger partial charge is 0.202 e. The quantitative estimate of drug-likeness (QED) is 0.661. The zero-order valence-corrected chi connectivity index (χ0v) is 17.3. The number of ketones is 1. The van der Waals surface area contributed by atoms with Crippen molar-refractivity contribution < 1.29 is 14.3 Å². The molecule has 0 spiro atoms. The third-order valence-corrected chi connectivity index (χ3v) is 5.84. The van der Waals surface area contributed by atoms with E-state index < -0.39 is 0 Å². The second-order valence-electron chi connectivity index (χ2n) is 7.72. The Morgan fingerprint density at radius 1 is 1.23 bits per heavy atom. The summed E-state index contributed by atoms with van der Waals surface area (Å²) < 4.78 is 13.2. The zero-order chi connectivity index (χ0) is 21.4. The molecule has 0 saturated heterocycles. The van der Waals surface area contributed by atoms with Gasteiger partial charge in [-0.25, -0.2) is 4.98 Å². The van der Waals surface area contributed by atoms with Gasteiger partial charge in [-0.1, -0.05) is 24.3 Å². The number of imidazole rings is 1. The average molecular weight is 414 g/mol. The fraction of sp³-hybridized carbons (Fsp3) is 0.292. The highest BCUT2D eigenvalue weighted by Gasteiger charge is 2.23. The van der Waals surface area contributed by atoms with E-state index in [0.717, 1.165) is 35.5 Å². The SMILES string of the molecule is Cn1c(C(=O)Cc2cccc(-c3ccc4c(c3)OCCO4)c2C#N)nc2c1CCNC2. The number of nitrogens with zero attached hydrogens (tertiary/aromatic N) is 3. The summed E-state index contributed by atoms with van der Waals surface area (Å²) in [5.41, 5.74) is 4.85. The van der Waals surface area contributed by atoms with E-state index in [2.05, 4.69) is 16.4 Å². The molecule has 0 radical (unpaired) electrons. The number of benzene rings is 2. The first kappa shape index (κ1) is 19.3. The molecule has 2 aromatic carbocycles. The first-order valence-corrected chi connectivity index (χ1v) is 10.4. The Labute approximate surface area is 180 Å². The number of carbonyl (C=O) groups excluding carboxylic acids is 1. The van der Waals surface area contributed by atoms with Gasteiger partial charge in [-0.2, -0.15) is 5.26 Å². The summed E-state index contributed by atoms with van der Waals surface area (Å²) in [7, 11) is 1.89. The van der Waals surface area contributed by atoms with Crippen molar-refractivity contribution in [2.75, 3.05) is 19.8 Å². The third-order valence-electron chi connectivity index (χ3n) is 5.84. The fourth-order valence-electron chi connectivity index (χ4n) is 4.29. The van der Waals surface area contributed by atoms with Crippen molar-refractivity contribution in [1.82, 2.24) is 14.9 Å². The molecule has 0 aliphatic carbocycles. The van der Waals surface area contributed by atoms with Gasteiger partial charge in [0.1, 0.15) is 19.3 Å². The van der Waals surface area contributed by atoms with Crippen molar-refractivity contribution >= 4 is 5.78 Å². The normalized spacial score (nSPS) is 14.6. The molecule has 0 saturated carbocycles. The Bertz CT molecular complexity index is 1220. The molecule has 0 atom stereocenters. The lowest BCUT2D eigenvalue weighted by atomic mass is 9.93. The first-order valence-electron chi connectivity index (χ1n) is 10.4. The van der Waals surface area contributed by atoms with E-state index in [1.807, 2.05) is 48.0 Å². The molecule has 0 bridgehead atoms. The molecule has 7 heteroatoms. The van der Waals surface area contributed by atoms with E-state index in [1.54, 1.807) is 0 Å². The second kappa shape index (κ2) is 7.89. The molecular weight excluding hydrogens is 392 g/mol. The Morgan fingerprint density at radius 2 is 2.06 bits per heavy atom. The van der Waals surface area contributed by atoms with Gasteiger partial charge < -0.3 is 19.4 Å². The van der Waals surface area contributed by atoms with Crippen molar-refractivity contribution in [3.63, 3.8) is 0 Å². The number of fused-ring (bicyclic) bond motifs is 2. The number of aromatic nitrogens is 2. The van der Waals surface area contributed by atoms with Crippen molar-refractivity contribution in [3.8, 4) is 28.7 Å². The summed E-state index contributed by atoms with van der Waals surface area (Å²) in [5, 5.41) is 13.2. The van der Waals surface area contributed by atoms with Crippen LogP contribution in [0.1, 0.15) is 33.1 Å². The number of ether oxygens (including phenoxy) is 2. The lowest BCUT2D eigenvalue weighted by Crippen LogP contribution is -2.24. The van der Waals surface area contributed by atoms with Crippen LogP contribution in [0.3, 0.4) is 0 Å². The number of hydrogen-bond donors (Lipinski definition) is 1. The lowest BCUT2D eigenvalue weighted by Gasteiger charge is -2.19. The van der Waals surface area contributed by atoms with Gasteiger partial charge in [0.15, 0.2) is 17.3 Å².